The molecule has 16 heavy (non-hydrogen) atoms. The molecule has 0 radical (unpaired) electrons. The van der Waals surface area contributed by atoms with Gasteiger partial charge >= 0.3 is 0 Å². The van der Waals surface area contributed by atoms with Crippen molar-refractivity contribution in [3.63, 3.8) is 0 Å². The van der Waals surface area contributed by atoms with Gasteiger partial charge in [0.05, 0.1) is 0 Å². The summed E-state index contributed by atoms with van der Waals surface area (Å²) in [5.74, 6) is 2.51. The van der Waals surface area contributed by atoms with Crippen LogP contribution in [0, 0.1) is 5.92 Å². The third-order valence-corrected chi connectivity index (χ3v) is 3.20. The molecule has 0 aliphatic carbocycles. The van der Waals surface area contributed by atoms with Crippen molar-refractivity contribution in [3.05, 3.63) is 24.3 Å². The van der Waals surface area contributed by atoms with Gasteiger partial charge in [-0.3, -0.25) is 4.40 Å². The molecule has 84 valence electrons. The van der Waals surface area contributed by atoms with Crippen LogP contribution >= 0.6 is 0 Å². The van der Waals surface area contributed by atoms with Crippen molar-refractivity contribution in [1.29, 1.82) is 0 Å². The second-order valence-electron chi connectivity index (χ2n) is 4.30. The minimum Gasteiger partial charge on any atom is -0.316 e. The lowest BCUT2D eigenvalue weighted by molar-refractivity contribution is 0.523. The number of hydrogen-bond donors (Lipinski definition) is 1. The molecule has 1 aliphatic rings. The molecular formula is C11H15N5. The largest absolute Gasteiger partial charge is 0.316 e. The van der Waals surface area contributed by atoms with Gasteiger partial charge in [0.1, 0.15) is 5.82 Å². The van der Waals surface area contributed by atoms with E-state index in [2.05, 4.69) is 20.5 Å². The Bertz CT molecular complexity index is 472. The summed E-state index contributed by atoms with van der Waals surface area (Å²) in [6.07, 6.45) is 7.18. The van der Waals surface area contributed by atoms with Crippen LogP contribution in [0.3, 0.4) is 0 Å². The number of rotatable bonds is 3. The van der Waals surface area contributed by atoms with E-state index in [9.17, 15) is 0 Å². The standard InChI is InChI=1S/C11H15N5/c1-5-13-11-15-14-10(16(11)7-1)3-2-9-4-6-12-8-9/h1,5,7,9,12H,2-4,6,8H2. The summed E-state index contributed by atoms with van der Waals surface area (Å²) in [4.78, 5) is 4.16. The highest BCUT2D eigenvalue weighted by atomic mass is 15.3. The molecule has 0 aromatic carbocycles. The van der Waals surface area contributed by atoms with Gasteiger partial charge in [-0.15, -0.1) is 10.2 Å². The van der Waals surface area contributed by atoms with Gasteiger partial charge in [-0.2, -0.15) is 0 Å². The predicted molar refractivity (Wildman–Crippen MR) is 60.1 cm³/mol. The highest BCUT2D eigenvalue weighted by Crippen LogP contribution is 2.15. The van der Waals surface area contributed by atoms with Crippen molar-refractivity contribution in [1.82, 2.24) is 24.9 Å². The van der Waals surface area contributed by atoms with Crippen LogP contribution in [0.2, 0.25) is 0 Å². The van der Waals surface area contributed by atoms with Crippen LogP contribution in [-0.2, 0) is 6.42 Å². The summed E-state index contributed by atoms with van der Waals surface area (Å²) in [5, 5.41) is 11.6. The molecule has 0 saturated carbocycles. The molecule has 0 amide bonds. The van der Waals surface area contributed by atoms with E-state index < -0.39 is 0 Å². The maximum atomic E-state index is 4.19. The first kappa shape index (κ1) is 9.72. The summed E-state index contributed by atoms with van der Waals surface area (Å²) >= 11 is 0. The van der Waals surface area contributed by atoms with Gasteiger partial charge in [0.25, 0.3) is 5.78 Å². The Balaban J connectivity index is 1.73. The first-order valence-corrected chi connectivity index (χ1v) is 5.79. The Morgan fingerprint density at radius 1 is 1.44 bits per heavy atom. The second-order valence-corrected chi connectivity index (χ2v) is 4.30. The zero-order chi connectivity index (χ0) is 10.8. The highest BCUT2D eigenvalue weighted by Gasteiger charge is 2.15. The third kappa shape index (κ3) is 1.78. The molecule has 1 aliphatic heterocycles. The van der Waals surface area contributed by atoms with Crippen LogP contribution in [-0.4, -0.2) is 32.7 Å². The van der Waals surface area contributed by atoms with Crippen LogP contribution in [0.1, 0.15) is 18.7 Å². The summed E-state index contributed by atoms with van der Waals surface area (Å²) in [5.41, 5.74) is 0. The van der Waals surface area contributed by atoms with Crippen molar-refractivity contribution in [2.75, 3.05) is 13.1 Å². The van der Waals surface area contributed by atoms with E-state index in [0.717, 1.165) is 31.3 Å². The van der Waals surface area contributed by atoms with Crippen molar-refractivity contribution < 1.29 is 0 Å². The first-order valence-electron chi connectivity index (χ1n) is 5.79. The quantitative estimate of drug-likeness (QED) is 0.821. The normalized spacial score (nSPS) is 20.6. The lowest BCUT2D eigenvalue weighted by Gasteiger charge is -2.05. The molecule has 2 aromatic heterocycles. The fraction of sp³-hybridized carbons (Fsp3) is 0.545. The van der Waals surface area contributed by atoms with Crippen LogP contribution in [0.5, 0.6) is 0 Å². The molecule has 5 nitrogen and oxygen atoms in total. The minimum absolute atomic E-state index is 0.696. The Morgan fingerprint density at radius 3 is 3.31 bits per heavy atom. The molecule has 5 heteroatoms. The minimum atomic E-state index is 0.696. The number of fused-ring (bicyclic) bond motifs is 1. The number of nitrogens with one attached hydrogen (secondary N) is 1. The van der Waals surface area contributed by atoms with Crippen LogP contribution < -0.4 is 5.32 Å². The van der Waals surface area contributed by atoms with Gasteiger partial charge in [-0.05, 0) is 37.9 Å². The molecule has 2 aromatic rings. The van der Waals surface area contributed by atoms with Crippen molar-refractivity contribution in [2.45, 2.75) is 19.3 Å². The topological polar surface area (TPSA) is 55.1 Å². The zero-order valence-electron chi connectivity index (χ0n) is 9.13. The molecule has 1 unspecified atom stereocenters. The Hall–Kier alpha value is -1.49. The number of aromatic nitrogens is 4. The molecule has 1 atom stereocenters. The van der Waals surface area contributed by atoms with Crippen LogP contribution in [0.15, 0.2) is 18.5 Å². The molecule has 1 N–H and O–H groups in total. The lowest BCUT2D eigenvalue weighted by atomic mass is 10.0. The molecule has 3 rings (SSSR count). The van der Waals surface area contributed by atoms with Gasteiger partial charge < -0.3 is 5.32 Å². The predicted octanol–water partition coefficient (Wildman–Crippen LogP) is 0.666. The smallest absolute Gasteiger partial charge is 0.254 e. The number of nitrogens with zero attached hydrogens (tertiary/aromatic N) is 4. The van der Waals surface area contributed by atoms with Gasteiger partial charge in [0, 0.05) is 18.8 Å². The molecular weight excluding hydrogens is 202 g/mol. The average molecular weight is 217 g/mol. The maximum absolute atomic E-state index is 4.19. The van der Waals surface area contributed by atoms with E-state index in [4.69, 9.17) is 0 Å². The van der Waals surface area contributed by atoms with E-state index in [0.29, 0.717) is 5.78 Å². The first-order chi connectivity index (χ1) is 7.93. The van der Waals surface area contributed by atoms with Crippen LogP contribution in [0.4, 0.5) is 0 Å². The SMILES string of the molecule is c1cnc2nnc(CCC3CCNC3)n2c1. The van der Waals surface area contributed by atoms with Gasteiger partial charge in [0.15, 0.2) is 0 Å². The van der Waals surface area contributed by atoms with Crippen molar-refractivity contribution in [3.8, 4) is 0 Å². The fourth-order valence-electron chi connectivity index (χ4n) is 2.25. The highest BCUT2D eigenvalue weighted by molar-refractivity contribution is 5.26. The summed E-state index contributed by atoms with van der Waals surface area (Å²) in [6.45, 7) is 2.31. The molecule has 1 fully saturated rings. The lowest BCUT2D eigenvalue weighted by Crippen LogP contribution is -2.10. The summed E-state index contributed by atoms with van der Waals surface area (Å²) < 4.78 is 1.97. The molecule has 1 saturated heterocycles. The van der Waals surface area contributed by atoms with Gasteiger partial charge in [-0.25, -0.2) is 4.98 Å². The fourth-order valence-corrected chi connectivity index (χ4v) is 2.25. The number of hydrogen-bond acceptors (Lipinski definition) is 4. The van der Waals surface area contributed by atoms with Gasteiger partial charge in [0.2, 0.25) is 0 Å². The molecule has 0 spiro atoms. The Morgan fingerprint density at radius 2 is 2.44 bits per heavy atom. The third-order valence-electron chi connectivity index (χ3n) is 3.20. The Labute approximate surface area is 93.9 Å². The van der Waals surface area contributed by atoms with E-state index in [1.807, 2.05) is 16.7 Å². The van der Waals surface area contributed by atoms with Crippen molar-refractivity contribution in [2.24, 2.45) is 5.92 Å². The van der Waals surface area contributed by atoms with E-state index in [1.165, 1.54) is 12.8 Å². The Kier molecular flexibility index (Phi) is 2.53. The van der Waals surface area contributed by atoms with E-state index >= 15 is 0 Å². The molecule has 3 heterocycles. The zero-order valence-corrected chi connectivity index (χ0v) is 9.13. The molecule has 0 bridgehead atoms. The number of aryl methyl sites for hydroxylation is 1. The second kappa shape index (κ2) is 4.17. The van der Waals surface area contributed by atoms with Crippen molar-refractivity contribution >= 4 is 5.78 Å². The van der Waals surface area contributed by atoms with E-state index in [1.54, 1.807) is 6.20 Å². The maximum Gasteiger partial charge on any atom is 0.254 e. The summed E-state index contributed by atoms with van der Waals surface area (Å²) in [6, 6.07) is 1.91. The average Bonchev–Trinajstić information content (AvgIpc) is 2.96. The monoisotopic (exact) mass is 217 g/mol. The van der Waals surface area contributed by atoms with Crippen LogP contribution in [0.25, 0.3) is 5.78 Å². The summed E-state index contributed by atoms with van der Waals surface area (Å²) in [7, 11) is 0. The van der Waals surface area contributed by atoms with E-state index in [-0.39, 0.29) is 0 Å². The van der Waals surface area contributed by atoms with Gasteiger partial charge in [-0.1, -0.05) is 0 Å².